The van der Waals surface area contributed by atoms with Gasteiger partial charge in [0.05, 0.1) is 19.3 Å². The van der Waals surface area contributed by atoms with Crippen LogP contribution in [0.4, 0.5) is 0 Å². The van der Waals surface area contributed by atoms with Crippen molar-refractivity contribution in [1.82, 2.24) is 51.7 Å². The standard InChI is InChI=1S/C37H57N13O10/c1-19(2)13-25-35(59)50-12-6-9-27(50)36(60)49-11-5-8-26(49)34(58)44-20(3)30(54)47-23(14-21-16-40-18-43-21)32(56)46-22(7-4-10-41-37(38)39)31(55)42-17-28(51)45-24(15-29(52)53)33(57)48-25/h16,18-20,22-27H,4-15,17H2,1-3H3,(H,40,43)(H,42,55)(H,44,58)(H,45,51)(H,46,56)(H,47,54)(H,48,57)(H,52,53)(H4,38,39,41)/t20-,22-,23-,24-,25-,26-,27+/m0/s1. The minimum absolute atomic E-state index is 0.0447. The van der Waals surface area contributed by atoms with E-state index in [0.29, 0.717) is 18.5 Å². The Morgan fingerprint density at radius 1 is 0.817 bits per heavy atom. The molecule has 3 aliphatic rings. The van der Waals surface area contributed by atoms with Gasteiger partial charge in [0.1, 0.15) is 42.3 Å². The van der Waals surface area contributed by atoms with Gasteiger partial charge in [-0.15, -0.1) is 0 Å². The van der Waals surface area contributed by atoms with Crippen LogP contribution in [0.15, 0.2) is 17.5 Å². The predicted molar refractivity (Wildman–Crippen MR) is 212 cm³/mol. The maximum Gasteiger partial charge on any atom is 0.305 e. The molecule has 0 spiro atoms. The molecule has 4 heterocycles. The molecule has 3 fully saturated rings. The normalized spacial score (nSPS) is 26.8. The van der Waals surface area contributed by atoms with E-state index in [1.54, 1.807) is 0 Å². The van der Waals surface area contributed by atoms with E-state index in [9.17, 15) is 48.3 Å². The highest BCUT2D eigenvalue weighted by molar-refractivity contribution is 5.99. The lowest BCUT2D eigenvalue weighted by molar-refractivity contribution is -0.148. The number of carboxylic acid groups (broad SMARTS) is 1. The number of guanidine groups is 1. The maximum atomic E-state index is 14.1. The van der Waals surface area contributed by atoms with Crippen molar-refractivity contribution in [1.29, 1.82) is 0 Å². The zero-order chi connectivity index (χ0) is 44.1. The van der Waals surface area contributed by atoms with E-state index in [0.717, 1.165) is 0 Å². The number of hydrogen-bond donors (Lipinski definition) is 10. The van der Waals surface area contributed by atoms with E-state index in [4.69, 9.17) is 11.5 Å². The summed E-state index contributed by atoms with van der Waals surface area (Å²) in [7, 11) is 0. The molecule has 23 nitrogen and oxygen atoms in total. The van der Waals surface area contributed by atoms with Crippen molar-refractivity contribution in [2.45, 2.75) is 121 Å². The van der Waals surface area contributed by atoms with E-state index >= 15 is 0 Å². The fourth-order valence-electron chi connectivity index (χ4n) is 7.41. The van der Waals surface area contributed by atoms with Gasteiger partial charge in [0.15, 0.2) is 5.96 Å². The predicted octanol–water partition coefficient (Wildman–Crippen LogP) is -3.92. The molecule has 8 amide bonds. The number of rotatable bonds is 10. The van der Waals surface area contributed by atoms with Crippen molar-refractivity contribution in [2.24, 2.45) is 22.4 Å². The first kappa shape index (κ1) is 46.4. The minimum Gasteiger partial charge on any atom is -0.481 e. The summed E-state index contributed by atoms with van der Waals surface area (Å²) in [5, 5.41) is 24.8. The van der Waals surface area contributed by atoms with Crippen LogP contribution in [-0.4, -0.2) is 153 Å². The molecule has 0 aromatic carbocycles. The molecule has 7 atom stereocenters. The average Bonchev–Trinajstić information content (AvgIpc) is 3.99. The Hall–Kier alpha value is -6.29. The third kappa shape index (κ3) is 13.1. The summed E-state index contributed by atoms with van der Waals surface area (Å²) in [5.74, 6) is -7.80. The number of aromatic nitrogens is 2. The first-order valence-corrected chi connectivity index (χ1v) is 20.1. The number of aromatic amines is 1. The third-order valence-electron chi connectivity index (χ3n) is 10.4. The SMILES string of the molecule is CC(C)C[C@@H]1NC(=O)[C@H](CC(=O)O)NC(=O)CNC(=O)[C@H](CCCN=C(N)N)NC(=O)[C@H](Cc2cnc[nH]2)NC(=O)[C@H](C)NC(=O)[C@@H]2CCCN2C(=O)[C@H]2CCCN2C1=O. The largest absolute Gasteiger partial charge is 0.481 e. The maximum absolute atomic E-state index is 14.1. The summed E-state index contributed by atoms with van der Waals surface area (Å²) in [5.41, 5.74) is 11.3. The summed E-state index contributed by atoms with van der Waals surface area (Å²) in [6.45, 7) is 4.74. The zero-order valence-electron chi connectivity index (χ0n) is 34.0. The molecule has 1 aromatic heterocycles. The highest BCUT2D eigenvalue weighted by Crippen LogP contribution is 2.26. The lowest BCUT2D eigenvalue weighted by Crippen LogP contribution is -2.60. The first-order chi connectivity index (χ1) is 28.4. The van der Waals surface area contributed by atoms with Crippen LogP contribution in [0.3, 0.4) is 0 Å². The Morgan fingerprint density at radius 3 is 2.08 bits per heavy atom. The molecule has 0 bridgehead atoms. The van der Waals surface area contributed by atoms with Crippen LogP contribution in [0, 0.1) is 5.92 Å². The highest BCUT2D eigenvalue weighted by atomic mass is 16.4. The van der Waals surface area contributed by atoms with Gasteiger partial charge in [-0.3, -0.25) is 48.1 Å². The molecule has 4 rings (SSSR count). The van der Waals surface area contributed by atoms with Crippen LogP contribution in [0.25, 0.3) is 0 Å². The van der Waals surface area contributed by atoms with Crippen LogP contribution >= 0.6 is 0 Å². The molecule has 0 unspecified atom stereocenters. The number of amides is 8. The van der Waals surface area contributed by atoms with Crippen LogP contribution in [-0.2, 0) is 49.6 Å². The van der Waals surface area contributed by atoms with Gasteiger partial charge >= 0.3 is 5.97 Å². The number of imidazole rings is 1. The molecule has 0 aliphatic carbocycles. The fourth-order valence-corrected chi connectivity index (χ4v) is 7.41. The van der Waals surface area contributed by atoms with E-state index < -0.39 is 108 Å². The number of hydrogen-bond acceptors (Lipinski definition) is 11. The van der Waals surface area contributed by atoms with Crippen LogP contribution in [0.5, 0.6) is 0 Å². The summed E-state index contributed by atoms with van der Waals surface area (Å²) >= 11 is 0. The molecule has 12 N–H and O–H groups in total. The summed E-state index contributed by atoms with van der Waals surface area (Å²) in [4.78, 5) is 135. The van der Waals surface area contributed by atoms with Crippen LogP contribution in [0.1, 0.15) is 77.8 Å². The van der Waals surface area contributed by atoms with Gasteiger partial charge < -0.3 is 63.3 Å². The minimum atomic E-state index is -1.68. The topological polar surface area (TPSA) is 346 Å². The van der Waals surface area contributed by atoms with Gasteiger partial charge in [-0.2, -0.15) is 0 Å². The number of H-pyrrole nitrogens is 1. The second-order valence-corrected chi connectivity index (χ2v) is 15.6. The van der Waals surface area contributed by atoms with Crippen LogP contribution < -0.4 is 43.4 Å². The number of carbonyl (C=O) groups excluding carboxylic acids is 8. The first-order valence-electron chi connectivity index (χ1n) is 20.1. The number of aliphatic imine (C=N–C) groups is 1. The second kappa shape index (κ2) is 21.6. The van der Waals surface area contributed by atoms with Crippen molar-refractivity contribution >= 4 is 59.2 Å². The van der Waals surface area contributed by atoms with Gasteiger partial charge in [0.25, 0.3) is 0 Å². The monoisotopic (exact) mass is 843 g/mol. The summed E-state index contributed by atoms with van der Waals surface area (Å²) in [6, 6.07) is -8.63. The molecule has 23 heteroatoms. The van der Waals surface area contributed by atoms with Crippen molar-refractivity contribution in [2.75, 3.05) is 26.2 Å². The summed E-state index contributed by atoms with van der Waals surface area (Å²) in [6.07, 6.45) is 3.56. The molecular weight excluding hydrogens is 786 g/mol. The van der Waals surface area contributed by atoms with Gasteiger partial charge in [-0.05, 0) is 57.8 Å². The number of nitrogens with zero attached hydrogens (tertiary/aromatic N) is 4. The smallest absolute Gasteiger partial charge is 0.305 e. The molecule has 0 saturated carbocycles. The van der Waals surface area contributed by atoms with Crippen molar-refractivity contribution in [3.63, 3.8) is 0 Å². The average molecular weight is 844 g/mol. The molecule has 0 radical (unpaired) electrons. The van der Waals surface area contributed by atoms with Crippen LogP contribution in [0.2, 0.25) is 0 Å². The van der Waals surface area contributed by atoms with E-state index in [1.807, 2.05) is 13.8 Å². The van der Waals surface area contributed by atoms with Gasteiger partial charge in [-0.25, -0.2) is 4.98 Å². The van der Waals surface area contributed by atoms with Gasteiger partial charge in [0.2, 0.25) is 47.3 Å². The molecule has 60 heavy (non-hydrogen) atoms. The summed E-state index contributed by atoms with van der Waals surface area (Å²) < 4.78 is 0. The fraction of sp³-hybridized carbons (Fsp3) is 0.649. The Kier molecular flexibility index (Phi) is 16.7. The molecule has 330 valence electrons. The molecule has 1 aromatic rings. The molecule has 3 saturated heterocycles. The van der Waals surface area contributed by atoms with Crippen molar-refractivity contribution < 1.29 is 48.3 Å². The number of carbonyl (C=O) groups is 9. The Morgan fingerprint density at radius 2 is 1.45 bits per heavy atom. The Balaban J connectivity index is 1.68. The number of nitrogens with two attached hydrogens (primary N) is 2. The molecule has 3 aliphatic heterocycles. The quantitative estimate of drug-likeness (QED) is 0.0612. The third-order valence-corrected chi connectivity index (χ3v) is 10.4. The van der Waals surface area contributed by atoms with Gasteiger partial charge in [0, 0.05) is 37.9 Å². The Bertz CT molecular complexity index is 1780. The second-order valence-electron chi connectivity index (χ2n) is 15.6. The Labute approximate surface area is 346 Å². The molecular formula is C37H57N13O10. The van der Waals surface area contributed by atoms with E-state index in [-0.39, 0.29) is 70.0 Å². The number of carboxylic acids is 1. The lowest BCUT2D eigenvalue weighted by Gasteiger charge is -2.34. The highest BCUT2D eigenvalue weighted by Gasteiger charge is 2.44. The lowest BCUT2D eigenvalue weighted by atomic mass is 10.0. The van der Waals surface area contributed by atoms with E-state index in [1.165, 1.54) is 29.2 Å². The zero-order valence-corrected chi connectivity index (χ0v) is 34.0. The number of aliphatic carboxylic acids is 1. The van der Waals surface area contributed by atoms with Gasteiger partial charge in [-0.1, -0.05) is 13.8 Å². The number of nitrogens with one attached hydrogen (secondary N) is 7. The van der Waals surface area contributed by atoms with E-state index in [2.05, 4.69) is 46.9 Å². The van der Waals surface area contributed by atoms with Crippen molar-refractivity contribution in [3.8, 4) is 0 Å². The number of fused-ring (bicyclic) bond motifs is 2. The van der Waals surface area contributed by atoms with Crippen molar-refractivity contribution in [3.05, 3.63) is 18.2 Å².